The van der Waals surface area contributed by atoms with Crippen LogP contribution in [0.5, 0.6) is 5.75 Å². The maximum Gasteiger partial charge on any atom is 0.243 e. The van der Waals surface area contributed by atoms with E-state index in [1.54, 1.807) is 30.3 Å². The second-order valence-electron chi connectivity index (χ2n) is 9.62. The van der Waals surface area contributed by atoms with Gasteiger partial charge in [-0.2, -0.15) is 0 Å². The Morgan fingerprint density at radius 2 is 1.69 bits per heavy atom. The van der Waals surface area contributed by atoms with E-state index in [4.69, 9.17) is 39.5 Å². The van der Waals surface area contributed by atoms with Crippen LogP contribution >= 0.6 is 34.8 Å². The maximum atomic E-state index is 13.8. The van der Waals surface area contributed by atoms with E-state index in [9.17, 15) is 18.0 Å². The number of nitrogens with one attached hydrogen (secondary N) is 1. The third-order valence-corrected chi connectivity index (χ3v) is 8.63. The molecule has 2 amide bonds. The van der Waals surface area contributed by atoms with Gasteiger partial charge in [-0.25, -0.2) is 8.42 Å². The van der Waals surface area contributed by atoms with Crippen molar-refractivity contribution in [1.29, 1.82) is 0 Å². The molecule has 0 saturated carbocycles. The first-order chi connectivity index (χ1) is 19.9. The number of anilines is 1. The number of hydrogen-bond donors (Lipinski definition) is 1. The van der Waals surface area contributed by atoms with Gasteiger partial charge in [0.25, 0.3) is 0 Å². The molecule has 3 aromatic carbocycles. The van der Waals surface area contributed by atoms with Crippen LogP contribution in [0.2, 0.25) is 15.1 Å². The monoisotopic (exact) mass is 653 g/mol. The Bertz CT molecular complexity index is 1490. The lowest BCUT2D eigenvalue weighted by Crippen LogP contribution is -2.50. The van der Waals surface area contributed by atoms with Crippen LogP contribution in [0.25, 0.3) is 0 Å². The van der Waals surface area contributed by atoms with Gasteiger partial charge in [0.05, 0.1) is 24.1 Å². The first kappa shape index (κ1) is 33.5. The van der Waals surface area contributed by atoms with Gasteiger partial charge in [-0.05, 0) is 54.8 Å². The smallest absolute Gasteiger partial charge is 0.243 e. The van der Waals surface area contributed by atoms with Gasteiger partial charge in [0.2, 0.25) is 21.8 Å². The number of ether oxygens (including phenoxy) is 1. The van der Waals surface area contributed by atoms with Crippen LogP contribution in [0.15, 0.2) is 66.7 Å². The van der Waals surface area contributed by atoms with Crippen LogP contribution < -0.4 is 14.4 Å². The van der Waals surface area contributed by atoms with Crippen LogP contribution in [0.3, 0.4) is 0 Å². The van der Waals surface area contributed by atoms with Gasteiger partial charge >= 0.3 is 0 Å². The van der Waals surface area contributed by atoms with Crippen LogP contribution in [0, 0.1) is 0 Å². The summed E-state index contributed by atoms with van der Waals surface area (Å²) in [4.78, 5) is 28.7. The first-order valence-corrected chi connectivity index (χ1v) is 16.3. The number of hydrogen-bond acceptors (Lipinski definition) is 5. The van der Waals surface area contributed by atoms with E-state index in [1.165, 1.54) is 22.4 Å². The number of rotatable bonds is 14. The molecular formula is C30H34Cl3N3O5S. The zero-order valence-electron chi connectivity index (χ0n) is 23.6. The number of benzene rings is 3. The summed E-state index contributed by atoms with van der Waals surface area (Å²) in [6.07, 6.45) is 1.54. The van der Waals surface area contributed by atoms with Gasteiger partial charge in [-0.1, -0.05) is 71.2 Å². The third-order valence-electron chi connectivity index (χ3n) is 6.55. The minimum atomic E-state index is -3.69. The average molecular weight is 655 g/mol. The predicted molar refractivity (Wildman–Crippen MR) is 169 cm³/mol. The van der Waals surface area contributed by atoms with Crippen molar-refractivity contribution in [2.75, 3.05) is 30.8 Å². The van der Waals surface area contributed by atoms with E-state index >= 15 is 0 Å². The molecule has 226 valence electrons. The molecule has 0 fully saturated rings. The van der Waals surface area contributed by atoms with E-state index in [0.29, 0.717) is 33.6 Å². The molecule has 0 bridgehead atoms. The first-order valence-electron chi connectivity index (χ1n) is 13.3. The Balaban J connectivity index is 1.89. The number of likely N-dealkylation sites (N-methyl/N-ethyl adjacent to an activating group) is 1. The molecule has 12 heteroatoms. The van der Waals surface area contributed by atoms with Crippen molar-refractivity contribution in [1.82, 2.24) is 10.2 Å². The molecule has 42 heavy (non-hydrogen) atoms. The highest BCUT2D eigenvalue weighted by atomic mass is 35.5. The lowest BCUT2D eigenvalue weighted by atomic mass is 10.0. The SMILES string of the molecule is CCNC(=O)[C@@H](Cc1ccccc1)N(Cc1ccc(Cl)cc1Cl)C(=O)CCCN(c1ccc(OC)c(Cl)c1)S(C)(=O)=O. The summed E-state index contributed by atoms with van der Waals surface area (Å²) in [6.45, 7) is 2.28. The van der Waals surface area contributed by atoms with Crippen LogP contribution in [-0.4, -0.2) is 57.6 Å². The van der Waals surface area contributed by atoms with Gasteiger partial charge in [0.1, 0.15) is 11.8 Å². The highest BCUT2D eigenvalue weighted by Crippen LogP contribution is 2.30. The van der Waals surface area contributed by atoms with Gasteiger partial charge in [-0.3, -0.25) is 13.9 Å². The van der Waals surface area contributed by atoms with Crippen LogP contribution in [0.4, 0.5) is 5.69 Å². The quantitative estimate of drug-likeness (QED) is 0.231. The minimum Gasteiger partial charge on any atom is -0.495 e. The van der Waals surface area contributed by atoms with Gasteiger partial charge in [-0.15, -0.1) is 0 Å². The Kier molecular flexibility index (Phi) is 12.4. The number of amides is 2. The van der Waals surface area contributed by atoms with Crippen LogP contribution in [0.1, 0.15) is 30.9 Å². The summed E-state index contributed by atoms with van der Waals surface area (Å²) in [5.41, 5.74) is 1.86. The van der Waals surface area contributed by atoms with Gasteiger partial charge in [0.15, 0.2) is 0 Å². The summed E-state index contributed by atoms with van der Waals surface area (Å²) in [7, 11) is -2.23. The number of carbonyl (C=O) groups excluding carboxylic acids is 2. The molecular weight excluding hydrogens is 621 g/mol. The zero-order chi connectivity index (χ0) is 30.9. The van der Waals surface area contributed by atoms with E-state index in [0.717, 1.165) is 11.8 Å². The third kappa shape index (κ3) is 9.26. The van der Waals surface area contributed by atoms with Crippen LogP contribution in [-0.2, 0) is 32.6 Å². The molecule has 0 aliphatic heterocycles. The summed E-state index contributed by atoms with van der Waals surface area (Å²) in [5, 5.41) is 3.92. The van der Waals surface area contributed by atoms with Gasteiger partial charge < -0.3 is 15.0 Å². The van der Waals surface area contributed by atoms with Crippen molar-refractivity contribution in [3.8, 4) is 5.75 Å². The molecule has 1 atom stereocenters. The predicted octanol–water partition coefficient (Wildman–Crippen LogP) is 5.98. The molecule has 0 spiro atoms. The average Bonchev–Trinajstić information content (AvgIpc) is 2.94. The lowest BCUT2D eigenvalue weighted by molar-refractivity contribution is -0.141. The van der Waals surface area contributed by atoms with Crippen molar-refractivity contribution in [3.63, 3.8) is 0 Å². The summed E-state index contributed by atoms with van der Waals surface area (Å²) >= 11 is 18.8. The molecule has 0 radical (unpaired) electrons. The maximum absolute atomic E-state index is 13.8. The fourth-order valence-corrected chi connectivity index (χ4v) is 6.17. The second-order valence-corrected chi connectivity index (χ2v) is 12.8. The number of carbonyl (C=O) groups is 2. The molecule has 0 unspecified atom stereocenters. The van der Waals surface area contributed by atoms with E-state index < -0.39 is 16.1 Å². The van der Waals surface area contributed by atoms with Crippen molar-refractivity contribution >= 4 is 62.3 Å². The highest BCUT2D eigenvalue weighted by Gasteiger charge is 2.31. The largest absolute Gasteiger partial charge is 0.495 e. The topological polar surface area (TPSA) is 96.0 Å². The Morgan fingerprint density at radius 1 is 0.976 bits per heavy atom. The lowest BCUT2D eigenvalue weighted by Gasteiger charge is -2.32. The molecule has 0 saturated heterocycles. The van der Waals surface area contributed by atoms with Crippen molar-refractivity contribution < 1.29 is 22.7 Å². The normalized spacial score (nSPS) is 12.0. The Morgan fingerprint density at radius 3 is 2.29 bits per heavy atom. The highest BCUT2D eigenvalue weighted by molar-refractivity contribution is 7.92. The fraction of sp³-hybridized carbons (Fsp3) is 0.333. The summed E-state index contributed by atoms with van der Waals surface area (Å²) < 4.78 is 31.7. The fourth-order valence-electron chi connectivity index (χ4n) is 4.49. The molecule has 0 aromatic heterocycles. The number of methoxy groups -OCH3 is 1. The molecule has 3 rings (SSSR count). The molecule has 1 N–H and O–H groups in total. The standard InChI is InChI=1S/C30H34Cl3N3O5S/c1-4-34-30(38)27(17-21-9-6-5-7-10-21)35(20-22-12-13-23(31)18-25(22)32)29(37)11-8-16-36(42(3,39)40)24-14-15-28(41-2)26(33)19-24/h5-7,9-10,12-15,18-19,27H,4,8,11,16-17,20H2,1-3H3,(H,34,38)/t27-/m1/s1. The molecule has 8 nitrogen and oxygen atoms in total. The molecule has 3 aromatic rings. The number of sulfonamides is 1. The Labute approximate surface area is 262 Å². The Hall–Kier alpha value is -2.98. The van der Waals surface area contributed by atoms with Crippen molar-refractivity contribution in [2.24, 2.45) is 0 Å². The zero-order valence-corrected chi connectivity index (χ0v) is 26.7. The van der Waals surface area contributed by atoms with E-state index in [2.05, 4.69) is 5.32 Å². The van der Waals surface area contributed by atoms with E-state index in [1.807, 2.05) is 37.3 Å². The molecule has 0 aliphatic carbocycles. The van der Waals surface area contributed by atoms with Crippen molar-refractivity contribution in [3.05, 3.63) is 92.9 Å². The summed E-state index contributed by atoms with van der Waals surface area (Å²) in [5.74, 6) is -0.213. The van der Waals surface area contributed by atoms with Crippen molar-refractivity contribution in [2.45, 2.75) is 38.8 Å². The summed E-state index contributed by atoms with van der Waals surface area (Å²) in [6, 6.07) is 18.2. The molecule has 0 heterocycles. The molecule has 0 aliphatic rings. The van der Waals surface area contributed by atoms with Gasteiger partial charge in [0, 0.05) is 42.5 Å². The number of halogens is 3. The second kappa shape index (κ2) is 15.5. The number of nitrogens with zero attached hydrogens (tertiary/aromatic N) is 2. The minimum absolute atomic E-state index is 0.0211. The van der Waals surface area contributed by atoms with E-state index in [-0.39, 0.29) is 49.2 Å².